The van der Waals surface area contributed by atoms with Crippen LogP contribution in [0.15, 0.2) is 30.5 Å². The van der Waals surface area contributed by atoms with Crippen LogP contribution in [0.3, 0.4) is 0 Å². The molecule has 0 fully saturated rings. The SMILES string of the molecule is COc1ccc(-c2cn3c(n2)CO[C@@H](CNC(=O)NC(C)C)C3)cc1. The van der Waals surface area contributed by atoms with Gasteiger partial charge < -0.3 is 24.7 Å². The molecule has 3 rings (SSSR count). The molecule has 7 heteroatoms. The molecule has 25 heavy (non-hydrogen) atoms. The molecule has 2 amide bonds. The van der Waals surface area contributed by atoms with Crippen LogP contribution in [0.25, 0.3) is 11.3 Å². The highest BCUT2D eigenvalue weighted by atomic mass is 16.5. The van der Waals surface area contributed by atoms with Crippen molar-refractivity contribution in [1.82, 2.24) is 20.2 Å². The lowest BCUT2D eigenvalue weighted by Gasteiger charge is -2.24. The first-order chi connectivity index (χ1) is 12.0. The van der Waals surface area contributed by atoms with Gasteiger partial charge in [0.05, 0.1) is 25.5 Å². The van der Waals surface area contributed by atoms with E-state index in [2.05, 4.69) is 20.2 Å². The summed E-state index contributed by atoms with van der Waals surface area (Å²) >= 11 is 0. The molecular weight excluding hydrogens is 320 g/mol. The Morgan fingerprint density at radius 3 is 2.84 bits per heavy atom. The number of methoxy groups -OCH3 is 1. The van der Waals surface area contributed by atoms with Crippen LogP contribution in [0.2, 0.25) is 0 Å². The summed E-state index contributed by atoms with van der Waals surface area (Å²) in [5.41, 5.74) is 1.95. The third-order valence-corrected chi connectivity index (χ3v) is 4.00. The molecule has 1 atom stereocenters. The fraction of sp³-hybridized carbons (Fsp3) is 0.444. The van der Waals surface area contributed by atoms with Gasteiger partial charge in [0.15, 0.2) is 0 Å². The number of nitrogens with zero attached hydrogens (tertiary/aromatic N) is 2. The number of carbonyl (C=O) groups excluding carboxylic acids is 1. The van der Waals surface area contributed by atoms with E-state index in [4.69, 9.17) is 9.47 Å². The Kier molecular flexibility index (Phi) is 5.23. The van der Waals surface area contributed by atoms with Crippen molar-refractivity contribution in [1.29, 1.82) is 0 Å². The van der Waals surface area contributed by atoms with Gasteiger partial charge in [-0.05, 0) is 38.1 Å². The second-order valence-electron chi connectivity index (χ2n) is 6.37. The fourth-order valence-electron chi connectivity index (χ4n) is 2.74. The van der Waals surface area contributed by atoms with Gasteiger partial charge in [-0.3, -0.25) is 0 Å². The molecular formula is C18H24N4O3. The number of nitrogens with one attached hydrogen (secondary N) is 2. The van der Waals surface area contributed by atoms with Crippen molar-refractivity contribution in [3.8, 4) is 17.0 Å². The van der Waals surface area contributed by atoms with Gasteiger partial charge in [0.25, 0.3) is 0 Å². The molecule has 0 saturated heterocycles. The van der Waals surface area contributed by atoms with Gasteiger partial charge in [-0.25, -0.2) is 9.78 Å². The maximum Gasteiger partial charge on any atom is 0.315 e. The van der Waals surface area contributed by atoms with Crippen LogP contribution in [-0.2, 0) is 17.9 Å². The first kappa shape index (κ1) is 17.3. The number of rotatable bonds is 5. The Morgan fingerprint density at radius 2 is 2.16 bits per heavy atom. The third kappa shape index (κ3) is 4.30. The largest absolute Gasteiger partial charge is 0.497 e. The molecule has 0 saturated carbocycles. The summed E-state index contributed by atoms with van der Waals surface area (Å²) in [5.74, 6) is 1.72. The van der Waals surface area contributed by atoms with E-state index in [-0.39, 0.29) is 18.2 Å². The van der Waals surface area contributed by atoms with E-state index in [1.165, 1.54) is 0 Å². The predicted molar refractivity (Wildman–Crippen MR) is 94.5 cm³/mol. The highest BCUT2D eigenvalue weighted by molar-refractivity contribution is 5.74. The molecule has 1 aliphatic heterocycles. The van der Waals surface area contributed by atoms with Crippen LogP contribution in [0.4, 0.5) is 4.79 Å². The number of ether oxygens (including phenoxy) is 2. The molecule has 0 aliphatic carbocycles. The van der Waals surface area contributed by atoms with E-state index >= 15 is 0 Å². The van der Waals surface area contributed by atoms with Crippen LogP contribution in [0, 0.1) is 0 Å². The summed E-state index contributed by atoms with van der Waals surface area (Å²) in [7, 11) is 1.65. The minimum atomic E-state index is -0.172. The molecule has 7 nitrogen and oxygen atoms in total. The van der Waals surface area contributed by atoms with Crippen LogP contribution in [-0.4, -0.2) is 41.4 Å². The zero-order valence-corrected chi connectivity index (χ0v) is 14.8. The summed E-state index contributed by atoms with van der Waals surface area (Å²) in [6.07, 6.45) is 1.96. The number of imidazole rings is 1. The zero-order valence-electron chi connectivity index (χ0n) is 14.8. The van der Waals surface area contributed by atoms with E-state index in [0.717, 1.165) is 22.8 Å². The van der Waals surface area contributed by atoms with Gasteiger partial charge in [-0.1, -0.05) is 0 Å². The summed E-state index contributed by atoms with van der Waals surface area (Å²) in [4.78, 5) is 16.3. The van der Waals surface area contributed by atoms with Gasteiger partial charge in [0, 0.05) is 24.3 Å². The van der Waals surface area contributed by atoms with Crippen molar-refractivity contribution < 1.29 is 14.3 Å². The lowest BCUT2D eigenvalue weighted by Crippen LogP contribution is -2.44. The summed E-state index contributed by atoms with van der Waals surface area (Å²) < 4.78 is 13.1. The Morgan fingerprint density at radius 1 is 1.40 bits per heavy atom. The fourth-order valence-corrected chi connectivity index (χ4v) is 2.74. The molecule has 2 heterocycles. The number of hydrogen-bond acceptors (Lipinski definition) is 4. The van der Waals surface area contributed by atoms with Crippen LogP contribution >= 0.6 is 0 Å². The molecule has 0 bridgehead atoms. The average Bonchev–Trinajstić information content (AvgIpc) is 3.02. The summed E-state index contributed by atoms with van der Waals surface area (Å²) in [6.45, 7) is 5.42. The van der Waals surface area contributed by atoms with E-state index < -0.39 is 0 Å². The Hall–Kier alpha value is -2.54. The number of hydrogen-bond donors (Lipinski definition) is 2. The standard InChI is InChI=1S/C18H24N4O3/c1-12(2)20-18(23)19-8-15-9-22-10-16(21-17(22)11-25-15)13-4-6-14(24-3)7-5-13/h4-7,10,12,15H,8-9,11H2,1-3H3,(H2,19,20,23)/t15-/m0/s1. The van der Waals surface area contributed by atoms with Crippen molar-refractivity contribution >= 4 is 6.03 Å². The van der Waals surface area contributed by atoms with Crippen molar-refractivity contribution in [3.05, 3.63) is 36.3 Å². The summed E-state index contributed by atoms with van der Waals surface area (Å²) in [5, 5.41) is 5.64. The van der Waals surface area contributed by atoms with Crippen molar-refractivity contribution in [2.24, 2.45) is 0 Å². The van der Waals surface area contributed by atoms with E-state index in [1.54, 1.807) is 7.11 Å². The smallest absolute Gasteiger partial charge is 0.315 e. The number of urea groups is 1. The number of benzene rings is 1. The lowest BCUT2D eigenvalue weighted by atomic mass is 10.2. The summed E-state index contributed by atoms with van der Waals surface area (Å²) in [6, 6.07) is 7.76. The Labute approximate surface area is 147 Å². The van der Waals surface area contributed by atoms with Gasteiger partial charge in [-0.2, -0.15) is 0 Å². The first-order valence-electron chi connectivity index (χ1n) is 8.41. The molecule has 0 unspecified atom stereocenters. The van der Waals surface area contributed by atoms with Crippen LogP contribution in [0.1, 0.15) is 19.7 Å². The molecule has 134 valence electrons. The van der Waals surface area contributed by atoms with Gasteiger partial charge in [0.1, 0.15) is 18.2 Å². The molecule has 2 N–H and O–H groups in total. The van der Waals surface area contributed by atoms with Crippen LogP contribution in [0.5, 0.6) is 5.75 Å². The highest BCUT2D eigenvalue weighted by Crippen LogP contribution is 2.24. The number of amides is 2. The van der Waals surface area contributed by atoms with Crippen molar-refractivity contribution in [3.63, 3.8) is 0 Å². The predicted octanol–water partition coefficient (Wildman–Crippen LogP) is 2.17. The zero-order chi connectivity index (χ0) is 17.8. The molecule has 0 radical (unpaired) electrons. The maximum absolute atomic E-state index is 11.7. The van der Waals surface area contributed by atoms with Gasteiger partial charge in [-0.15, -0.1) is 0 Å². The van der Waals surface area contributed by atoms with Crippen LogP contribution < -0.4 is 15.4 Å². The second-order valence-corrected chi connectivity index (χ2v) is 6.37. The van der Waals surface area contributed by atoms with Crippen molar-refractivity contribution in [2.75, 3.05) is 13.7 Å². The van der Waals surface area contributed by atoms with Gasteiger partial charge in [0.2, 0.25) is 0 Å². The normalized spacial score (nSPS) is 16.4. The molecule has 1 aromatic heterocycles. The second kappa shape index (κ2) is 7.57. The Bertz CT molecular complexity index is 724. The van der Waals surface area contributed by atoms with Crippen molar-refractivity contribution in [2.45, 2.75) is 39.1 Å². The minimum absolute atomic E-state index is 0.0664. The molecule has 0 spiro atoms. The quantitative estimate of drug-likeness (QED) is 0.871. The molecule has 1 aromatic carbocycles. The van der Waals surface area contributed by atoms with E-state index in [1.807, 2.05) is 44.3 Å². The highest BCUT2D eigenvalue weighted by Gasteiger charge is 2.21. The third-order valence-electron chi connectivity index (χ3n) is 4.00. The molecule has 2 aromatic rings. The monoisotopic (exact) mass is 344 g/mol. The van der Waals surface area contributed by atoms with E-state index in [9.17, 15) is 4.79 Å². The maximum atomic E-state index is 11.7. The number of fused-ring (bicyclic) bond motifs is 1. The van der Waals surface area contributed by atoms with Gasteiger partial charge >= 0.3 is 6.03 Å². The number of carbonyl (C=O) groups is 1. The minimum Gasteiger partial charge on any atom is -0.497 e. The number of aromatic nitrogens is 2. The topological polar surface area (TPSA) is 77.4 Å². The average molecular weight is 344 g/mol. The van der Waals surface area contributed by atoms with E-state index in [0.29, 0.717) is 19.7 Å². The molecule has 1 aliphatic rings. The lowest BCUT2D eigenvalue weighted by molar-refractivity contribution is 0.00442. The Balaban J connectivity index is 1.62. The first-order valence-corrected chi connectivity index (χ1v) is 8.41.